The van der Waals surface area contributed by atoms with E-state index in [1.54, 1.807) is 6.07 Å². The number of aromatic nitrogens is 2. The van der Waals surface area contributed by atoms with Gasteiger partial charge in [0.1, 0.15) is 17.3 Å². The van der Waals surface area contributed by atoms with Crippen molar-refractivity contribution >= 4 is 11.5 Å². The number of ether oxygens (including phenoxy) is 1. The van der Waals surface area contributed by atoms with Crippen LogP contribution >= 0.6 is 0 Å². The smallest absolute Gasteiger partial charge is 0.239 e. The Hall–Kier alpha value is -2.24. The molecule has 0 aromatic carbocycles. The van der Waals surface area contributed by atoms with Crippen LogP contribution in [0.25, 0.3) is 0 Å². The number of nitrogens with zero attached hydrogens (tertiary/aromatic N) is 3. The standard InChI is InChI=1S/C14H20N4O2/c1-4-7-19-14-12(15)5-6-13(16-14)18(3)9-11-8-10(2)20-17-11/h5-6,8H,4,7,9,15H2,1-3H3. The molecular formula is C14H20N4O2. The number of pyridine rings is 1. The molecule has 0 fully saturated rings. The third-order valence-corrected chi connectivity index (χ3v) is 2.78. The summed E-state index contributed by atoms with van der Waals surface area (Å²) < 4.78 is 10.6. The van der Waals surface area contributed by atoms with Crippen LogP contribution in [-0.2, 0) is 6.54 Å². The monoisotopic (exact) mass is 276 g/mol. The van der Waals surface area contributed by atoms with Crippen molar-refractivity contribution in [2.45, 2.75) is 26.8 Å². The zero-order chi connectivity index (χ0) is 14.5. The molecular weight excluding hydrogens is 256 g/mol. The van der Waals surface area contributed by atoms with Gasteiger partial charge in [-0.25, -0.2) is 0 Å². The zero-order valence-corrected chi connectivity index (χ0v) is 12.1. The van der Waals surface area contributed by atoms with Gasteiger partial charge in [-0.15, -0.1) is 0 Å². The van der Waals surface area contributed by atoms with Gasteiger partial charge in [0.15, 0.2) is 0 Å². The summed E-state index contributed by atoms with van der Waals surface area (Å²) in [6.07, 6.45) is 0.916. The van der Waals surface area contributed by atoms with E-state index in [9.17, 15) is 0 Å². The highest BCUT2D eigenvalue weighted by Gasteiger charge is 2.10. The van der Waals surface area contributed by atoms with Crippen molar-refractivity contribution in [3.8, 4) is 5.88 Å². The van der Waals surface area contributed by atoms with Gasteiger partial charge in [0.2, 0.25) is 5.88 Å². The number of aryl methyl sites for hydroxylation is 1. The minimum atomic E-state index is 0.479. The van der Waals surface area contributed by atoms with Crippen LogP contribution in [0.2, 0.25) is 0 Å². The topological polar surface area (TPSA) is 77.4 Å². The Kier molecular flexibility index (Phi) is 4.45. The number of hydrogen-bond acceptors (Lipinski definition) is 6. The molecule has 0 amide bonds. The van der Waals surface area contributed by atoms with Gasteiger partial charge in [0, 0.05) is 13.1 Å². The summed E-state index contributed by atoms with van der Waals surface area (Å²) in [5, 5.41) is 3.97. The Morgan fingerprint density at radius 2 is 2.20 bits per heavy atom. The summed E-state index contributed by atoms with van der Waals surface area (Å²) in [6.45, 7) is 5.13. The average molecular weight is 276 g/mol. The molecule has 0 aliphatic heterocycles. The van der Waals surface area contributed by atoms with Crippen LogP contribution in [0.1, 0.15) is 24.8 Å². The lowest BCUT2D eigenvalue weighted by Crippen LogP contribution is -2.18. The number of nitrogens with two attached hydrogens (primary N) is 1. The molecule has 108 valence electrons. The molecule has 0 aliphatic carbocycles. The highest BCUT2D eigenvalue weighted by molar-refractivity contribution is 5.54. The molecule has 0 saturated carbocycles. The fraction of sp³-hybridized carbons (Fsp3) is 0.429. The number of hydrogen-bond donors (Lipinski definition) is 1. The van der Waals surface area contributed by atoms with Gasteiger partial charge in [0.05, 0.1) is 18.8 Å². The van der Waals surface area contributed by atoms with E-state index in [4.69, 9.17) is 15.0 Å². The fourth-order valence-electron chi connectivity index (χ4n) is 1.78. The van der Waals surface area contributed by atoms with E-state index in [0.29, 0.717) is 24.7 Å². The molecule has 0 saturated heterocycles. The van der Waals surface area contributed by atoms with Crippen molar-refractivity contribution in [1.82, 2.24) is 10.1 Å². The molecule has 2 N–H and O–H groups in total. The van der Waals surface area contributed by atoms with Gasteiger partial charge < -0.3 is 19.9 Å². The lowest BCUT2D eigenvalue weighted by molar-refractivity contribution is 0.307. The van der Waals surface area contributed by atoms with E-state index < -0.39 is 0 Å². The number of anilines is 2. The van der Waals surface area contributed by atoms with Gasteiger partial charge in [-0.2, -0.15) is 4.98 Å². The van der Waals surface area contributed by atoms with Gasteiger partial charge in [-0.1, -0.05) is 12.1 Å². The molecule has 2 heterocycles. The summed E-state index contributed by atoms with van der Waals surface area (Å²) in [6, 6.07) is 5.57. The third kappa shape index (κ3) is 3.40. The van der Waals surface area contributed by atoms with E-state index in [-0.39, 0.29) is 0 Å². The highest BCUT2D eigenvalue weighted by Crippen LogP contribution is 2.23. The van der Waals surface area contributed by atoms with Crippen molar-refractivity contribution in [1.29, 1.82) is 0 Å². The van der Waals surface area contributed by atoms with Crippen molar-refractivity contribution in [3.05, 3.63) is 29.7 Å². The van der Waals surface area contributed by atoms with Crippen molar-refractivity contribution in [2.75, 3.05) is 24.3 Å². The second-order valence-corrected chi connectivity index (χ2v) is 4.70. The maximum atomic E-state index is 5.85. The predicted octanol–water partition coefficient (Wildman–Crippen LogP) is 2.39. The van der Waals surface area contributed by atoms with Crippen molar-refractivity contribution in [3.63, 3.8) is 0 Å². The van der Waals surface area contributed by atoms with E-state index in [2.05, 4.69) is 10.1 Å². The maximum Gasteiger partial charge on any atom is 0.239 e. The zero-order valence-electron chi connectivity index (χ0n) is 12.1. The molecule has 0 spiro atoms. The molecule has 2 aromatic rings. The van der Waals surface area contributed by atoms with Gasteiger partial charge in [-0.3, -0.25) is 0 Å². The summed E-state index contributed by atoms with van der Waals surface area (Å²) in [5.74, 6) is 2.06. The lowest BCUT2D eigenvalue weighted by Gasteiger charge is -2.18. The van der Waals surface area contributed by atoms with Crippen LogP contribution in [0.3, 0.4) is 0 Å². The number of nitrogen functional groups attached to an aromatic ring is 1. The first kappa shape index (κ1) is 14.2. The van der Waals surface area contributed by atoms with Gasteiger partial charge in [0.25, 0.3) is 0 Å². The highest BCUT2D eigenvalue weighted by atomic mass is 16.5. The molecule has 6 nitrogen and oxygen atoms in total. The summed E-state index contributed by atoms with van der Waals surface area (Å²) in [4.78, 5) is 6.40. The second-order valence-electron chi connectivity index (χ2n) is 4.70. The largest absolute Gasteiger partial charge is 0.476 e. The summed E-state index contributed by atoms with van der Waals surface area (Å²) >= 11 is 0. The van der Waals surface area contributed by atoms with Crippen LogP contribution in [0, 0.1) is 6.92 Å². The van der Waals surface area contributed by atoms with Crippen LogP contribution < -0.4 is 15.4 Å². The minimum absolute atomic E-state index is 0.479. The van der Waals surface area contributed by atoms with E-state index in [1.807, 2.05) is 37.9 Å². The fourth-order valence-corrected chi connectivity index (χ4v) is 1.78. The molecule has 2 rings (SSSR count). The van der Waals surface area contributed by atoms with Crippen LogP contribution in [0.15, 0.2) is 22.7 Å². The third-order valence-electron chi connectivity index (χ3n) is 2.78. The number of rotatable bonds is 6. The second kappa shape index (κ2) is 6.27. The average Bonchev–Trinajstić information content (AvgIpc) is 2.83. The van der Waals surface area contributed by atoms with Gasteiger partial charge >= 0.3 is 0 Å². The molecule has 0 radical (unpaired) electrons. The summed E-state index contributed by atoms with van der Waals surface area (Å²) in [7, 11) is 1.94. The van der Waals surface area contributed by atoms with E-state index >= 15 is 0 Å². The molecule has 20 heavy (non-hydrogen) atoms. The molecule has 0 aliphatic rings. The molecule has 0 atom stereocenters. The Bertz CT molecular complexity index is 568. The van der Waals surface area contributed by atoms with Crippen LogP contribution in [0.5, 0.6) is 5.88 Å². The van der Waals surface area contributed by atoms with E-state index in [1.165, 1.54) is 0 Å². The first-order chi connectivity index (χ1) is 9.60. The molecule has 0 bridgehead atoms. The normalized spacial score (nSPS) is 10.6. The Morgan fingerprint density at radius 3 is 2.85 bits per heavy atom. The lowest BCUT2D eigenvalue weighted by atomic mass is 10.3. The van der Waals surface area contributed by atoms with E-state index in [0.717, 1.165) is 23.7 Å². The van der Waals surface area contributed by atoms with Gasteiger partial charge in [-0.05, 0) is 25.5 Å². The SMILES string of the molecule is CCCOc1nc(N(C)Cc2cc(C)on2)ccc1N. The molecule has 2 aromatic heterocycles. The van der Waals surface area contributed by atoms with Crippen LogP contribution in [0.4, 0.5) is 11.5 Å². The first-order valence-corrected chi connectivity index (χ1v) is 6.62. The molecule has 6 heteroatoms. The maximum absolute atomic E-state index is 5.85. The Morgan fingerprint density at radius 1 is 1.40 bits per heavy atom. The minimum Gasteiger partial charge on any atom is -0.476 e. The Labute approximate surface area is 118 Å². The molecule has 0 unspecified atom stereocenters. The van der Waals surface area contributed by atoms with Crippen molar-refractivity contribution in [2.24, 2.45) is 0 Å². The first-order valence-electron chi connectivity index (χ1n) is 6.62. The van der Waals surface area contributed by atoms with Crippen molar-refractivity contribution < 1.29 is 9.26 Å². The van der Waals surface area contributed by atoms with Crippen LogP contribution in [-0.4, -0.2) is 23.8 Å². The summed E-state index contributed by atoms with van der Waals surface area (Å²) in [5.41, 5.74) is 7.26. The Balaban J connectivity index is 2.10. The predicted molar refractivity (Wildman–Crippen MR) is 77.8 cm³/mol. The quantitative estimate of drug-likeness (QED) is 0.872.